The number of carbonyl (C=O) groups is 1. The Morgan fingerprint density at radius 1 is 1.03 bits per heavy atom. The van der Waals surface area contributed by atoms with Crippen molar-refractivity contribution in [3.63, 3.8) is 0 Å². The van der Waals surface area contributed by atoms with Crippen LogP contribution >= 0.6 is 15.9 Å². The number of hydrogen-bond acceptors (Lipinski definition) is 3. The monoisotopic (exact) mass is 464 g/mol. The molecule has 0 aliphatic rings. The molecule has 0 aliphatic heterocycles. The van der Waals surface area contributed by atoms with Gasteiger partial charge in [-0.15, -0.1) is 0 Å². The van der Waals surface area contributed by atoms with Crippen molar-refractivity contribution in [1.82, 2.24) is 10.3 Å². The van der Waals surface area contributed by atoms with Crippen molar-refractivity contribution in [3.8, 4) is 11.5 Å². The summed E-state index contributed by atoms with van der Waals surface area (Å²) in [6.07, 6.45) is 0. The van der Waals surface area contributed by atoms with Crippen molar-refractivity contribution in [2.75, 3.05) is 7.11 Å². The second-order valence-electron chi connectivity index (χ2n) is 6.83. The molecule has 5 nitrogen and oxygen atoms in total. The maximum Gasteiger partial charge on any atom is 0.251 e. The number of halogens is 1. The molecule has 1 heterocycles. The number of amides is 1. The molecule has 0 aliphatic carbocycles. The third-order valence-electron chi connectivity index (χ3n) is 4.78. The Balaban J connectivity index is 1.44. The van der Waals surface area contributed by atoms with Crippen LogP contribution in [0.15, 0.2) is 77.3 Å². The topological polar surface area (TPSA) is 63.3 Å². The van der Waals surface area contributed by atoms with Gasteiger partial charge >= 0.3 is 0 Å². The van der Waals surface area contributed by atoms with Crippen LogP contribution in [0.2, 0.25) is 0 Å². The molecule has 4 rings (SSSR count). The van der Waals surface area contributed by atoms with Crippen LogP contribution in [0.1, 0.15) is 21.6 Å². The molecule has 4 aromatic rings. The summed E-state index contributed by atoms with van der Waals surface area (Å²) in [5.41, 5.74) is 3.37. The fraction of sp³-hybridized carbons (Fsp3) is 0.125. The lowest BCUT2D eigenvalue weighted by Crippen LogP contribution is -2.23. The predicted octanol–water partition coefficient (Wildman–Crippen LogP) is 5.45. The fourth-order valence-corrected chi connectivity index (χ4v) is 3.50. The van der Waals surface area contributed by atoms with Gasteiger partial charge < -0.3 is 19.8 Å². The number of methoxy groups -OCH3 is 1. The van der Waals surface area contributed by atoms with E-state index in [-0.39, 0.29) is 5.91 Å². The molecule has 0 saturated heterocycles. The number of rotatable bonds is 7. The van der Waals surface area contributed by atoms with Crippen LogP contribution in [0.25, 0.3) is 10.9 Å². The number of aromatic amines is 1. The normalized spacial score (nSPS) is 10.7. The third-order valence-corrected chi connectivity index (χ3v) is 5.30. The molecule has 1 aromatic heterocycles. The Morgan fingerprint density at radius 2 is 1.83 bits per heavy atom. The largest absolute Gasteiger partial charge is 0.496 e. The summed E-state index contributed by atoms with van der Waals surface area (Å²) in [6, 6.07) is 23.0. The standard InChI is InChI=1S/C24H21BrN2O3/c1-29-23-11-6-17(12-18(23)15-30-21-9-7-19(25)8-10-21)24(28)26-14-20-13-16-4-2-3-5-22(16)27-20/h2-13,27H,14-15H2,1H3,(H,26,28). The molecule has 0 bridgehead atoms. The first-order valence-corrected chi connectivity index (χ1v) is 10.3. The van der Waals surface area contributed by atoms with Crippen LogP contribution in [0.5, 0.6) is 11.5 Å². The van der Waals surface area contributed by atoms with Crippen molar-refractivity contribution in [3.05, 3.63) is 94.1 Å². The summed E-state index contributed by atoms with van der Waals surface area (Å²) in [4.78, 5) is 16.0. The molecule has 0 fully saturated rings. The van der Waals surface area contributed by atoms with E-state index in [1.54, 1.807) is 25.3 Å². The molecule has 3 aromatic carbocycles. The molecular formula is C24H21BrN2O3. The Labute approximate surface area is 183 Å². The number of carbonyl (C=O) groups excluding carboxylic acids is 1. The molecule has 0 unspecified atom stereocenters. The molecule has 152 valence electrons. The minimum atomic E-state index is -0.152. The highest BCUT2D eigenvalue weighted by Crippen LogP contribution is 2.23. The zero-order valence-electron chi connectivity index (χ0n) is 16.4. The van der Waals surface area contributed by atoms with E-state index in [1.165, 1.54) is 0 Å². The van der Waals surface area contributed by atoms with Crippen LogP contribution in [0.3, 0.4) is 0 Å². The van der Waals surface area contributed by atoms with Crippen molar-refractivity contribution in [2.24, 2.45) is 0 Å². The number of ether oxygens (including phenoxy) is 2. The summed E-state index contributed by atoms with van der Waals surface area (Å²) < 4.78 is 12.3. The van der Waals surface area contributed by atoms with Gasteiger partial charge in [0.2, 0.25) is 0 Å². The smallest absolute Gasteiger partial charge is 0.251 e. The van der Waals surface area contributed by atoms with Crippen LogP contribution in [-0.4, -0.2) is 18.0 Å². The lowest BCUT2D eigenvalue weighted by Gasteiger charge is -2.12. The molecule has 1 amide bonds. The average molecular weight is 465 g/mol. The average Bonchev–Trinajstić information content (AvgIpc) is 3.20. The van der Waals surface area contributed by atoms with Gasteiger partial charge in [-0.3, -0.25) is 4.79 Å². The van der Waals surface area contributed by atoms with Crippen LogP contribution < -0.4 is 14.8 Å². The Bertz CT molecular complexity index is 1140. The highest BCUT2D eigenvalue weighted by atomic mass is 79.9. The first-order valence-electron chi connectivity index (χ1n) is 9.52. The van der Waals surface area contributed by atoms with E-state index in [1.807, 2.05) is 54.6 Å². The third kappa shape index (κ3) is 4.66. The number of fused-ring (bicyclic) bond motifs is 1. The van der Waals surface area contributed by atoms with Gasteiger partial charge in [-0.1, -0.05) is 34.1 Å². The minimum Gasteiger partial charge on any atom is -0.496 e. The van der Waals surface area contributed by atoms with Gasteiger partial charge in [-0.05, 0) is 60.0 Å². The number of para-hydroxylation sites is 1. The second kappa shape index (κ2) is 9.05. The zero-order valence-corrected chi connectivity index (χ0v) is 18.0. The minimum absolute atomic E-state index is 0.152. The van der Waals surface area contributed by atoms with E-state index in [0.717, 1.165) is 32.4 Å². The van der Waals surface area contributed by atoms with Crippen molar-refractivity contribution in [1.29, 1.82) is 0 Å². The maximum atomic E-state index is 12.7. The van der Waals surface area contributed by atoms with Gasteiger partial charge in [0.25, 0.3) is 5.91 Å². The van der Waals surface area contributed by atoms with E-state index in [2.05, 4.69) is 26.2 Å². The number of hydrogen-bond donors (Lipinski definition) is 2. The molecule has 0 spiro atoms. The lowest BCUT2D eigenvalue weighted by molar-refractivity contribution is 0.0950. The summed E-state index contributed by atoms with van der Waals surface area (Å²) in [5.74, 6) is 1.27. The molecule has 2 N–H and O–H groups in total. The van der Waals surface area contributed by atoms with Gasteiger partial charge in [0.05, 0.1) is 13.7 Å². The maximum absolute atomic E-state index is 12.7. The SMILES string of the molecule is COc1ccc(C(=O)NCc2cc3ccccc3[nH]2)cc1COc1ccc(Br)cc1. The van der Waals surface area contributed by atoms with Crippen LogP contribution in [-0.2, 0) is 13.2 Å². The Kier molecular flexibility index (Phi) is 6.05. The van der Waals surface area contributed by atoms with Crippen LogP contribution in [0.4, 0.5) is 0 Å². The van der Waals surface area contributed by atoms with Crippen molar-refractivity contribution < 1.29 is 14.3 Å². The molecule has 0 saturated carbocycles. The van der Waals surface area contributed by atoms with E-state index < -0.39 is 0 Å². The number of benzene rings is 3. The number of nitrogens with one attached hydrogen (secondary N) is 2. The first-order chi connectivity index (χ1) is 14.6. The van der Waals surface area contributed by atoms with Crippen LogP contribution in [0, 0.1) is 0 Å². The molecular weight excluding hydrogens is 444 g/mol. The Morgan fingerprint density at radius 3 is 2.60 bits per heavy atom. The van der Waals surface area contributed by atoms with E-state index in [4.69, 9.17) is 9.47 Å². The van der Waals surface area contributed by atoms with E-state index in [0.29, 0.717) is 24.5 Å². The predicted molar refractivity (Wildman–Crippen MR) is 121 cm³/mol. The van der Waals surface area contributed by atoms with Crippen molar-refractivity contribution >= 4 is 32.7 Å². The van der Waals surface area contributed by atoms with Gasteiger partial charge in [-0.25, -0.2) is 0 Å². The number of aromatic nitrogens is 1. The molecule has 0 atom stereocenters. The molecule has 30 heavy (non-hydrogen) atoms. The molecule has 0 radical (unpaired) electrons. The summed E-state index contributed by atoms with van der Waals surface area (Å²) in [5, 5.41) is 4.09. The summed E-state index contributed by atoms with van der Waals surface area (Å²) in [7, 11) is 1.61. The van der Waals surface area contributed by atoms with E-state index in [9.17, 15) is 4.79 Å². The fourth-order valence-electron chi connectivity index (χ4n) is 3.23. The van der Waals surface area contributed by atoms with Gasteiger partial charge in [0, 0.05) is 26.8 Å². The van der Waals surface area contributed by atoms with Gasteiger partial charge in [0.15, 0.2) is 0 Å². The van der Waals surface area contributed by atoms with Gasteiger partial charge in [0.1, 0.15) is 18.1 Å². The number of H-pyrrole nitrogens is 1. The summed E-state index contributed by atoms with van der Waals surface area (Å²) in [6.45, 7) is 0.720. The first kappa shape index (κ1) is 20.0. The summed E-state index contributed by atoms with van der Waals surface area (Å²) >= 11 is 3.41. The lowest BCUT2D eigenvalue weighted by atomic mass is 10.1. The molecule has 6 heteroatoms. The highest BCUT2D eigenvalue weighted by Gasteiger charge is 2.12. The van der Waals surface area contributed by atoms with Crippen molar-refractivity contribution in [2.45, 2.75) is 13.2 Å². The quantitative estimate of drug-likeness (QED) is 0.382. The second-order valence-corrected chi connectivity index (χ2v) is 7.75. The zero-order chi connectivity index (χ0) is 20.9. The van der Waals surface area contributed by atoms with Gasteiger partial charge in [-0.2, -0.15) is 0 Å². The highest BCUT2D eigenvalue weighted by molar-refractivity contribution is 9.10. The van der Waals surface area contributed by atoms with E-state index >= 15 is 0 Å². The Hall–Kier alpha value is -3.25.